The molecule has 1 aromatic carbocycles. The highest BCUT2D eigenvalue weighted by molar-refractivity contribution is 9.10. The van der Waals surface area contributed by atoms with Crippen molar-refractivity contribution in [2.75, 3.05) is 0 Å². The van der Waals surface area contributed by atoms with Crippen LogP contribution in [-0.4, -0.2) is 15.8 Å². The largest absolute Gasteiger partial charge is 0.508 e. The highest BCUT2D eigenvalue weighted by atomic mass is 79.9. The minimum Gasteiger partial charge on any atom is -0.508 e. The van der Waals surface area contributed by atoms with Crippen molar-refractivity contribution in [1.29, 1.82) is 0 Å². The first-order chi connectivity index (χ1) is 5.88. The van der Waals surface area contributed by atoms with Gasteiger partial charge in [-0.15, -0.1) is 0 Å². The van der Waals surface area contributed by atoms with Crippen molar-refractivity contribution in [3.63, 3.8) is 0 Å². The molecular formula is C10H13BrO2. The lowest BCUT2D eigenvalue weighted by Crippen LogP contribution is -2.21. The van der Waals surface area contributed by atoms with Crippen LogP contribution in [0.15, 0.2) is 22.7 Å². The van der Waals surface area contributed by atoms with Crippen molar-refractivity contribution in [2.45, 2.75) is 25.9 Å². The van der Waals surface area contributed by atoms with Crippen LogP contribution >= 0.6 is 15.9 Å². The Morgan fingerprint density at radius 3 is 2.54 bits per heavy atom. The van der Waals surface area contributed by atoms with Crippen LogP contribution in [0.3, 0.4) is 0 Å². The normalized spacial score (nSPS) is 11.7. The van der Waals surface area contributed by atoms with E-state index in [0.29, 0.717) is 6.42 Å². The zero-order valence-electron chi connectivity index (χ0n) is 7.71. The highest BCUT2D eigenvalue weighted by Crippen LogP contribution is 2.25. The average Bonchev–Trinajstić information content (AvgIpc) is 1.94. The van der Waals surface area contributed by atoms with Gasteiger partial charge in [0.2, 0.25) is 0 Å². The van der Waals surface area contributed by atoms with Crippen molar-refractivity contribution >= 4 is 15.9 Å². The van der Waals surface area contributed by atoms with Gasteiger partial charge in [-0.05, 0) is 37.6 Å². The Labute approximate surface area is 86.3 Å². The SMILES string of the molecule is CC(C)(O)Cc1cc(Br)ccc1O. The van der Waals surface area contributed by atoms with Crippen LogP contribution in [0.2, 0.25) is 0 Å². The molecule has 2 nitrogen and oxygen atoms in total. The van der Waals surface area contributed by atoms with E-state index in [4.69, 9.17) is 0 Å². The molecule has 13 heavy (non-hydrogen) atoms. The summed E-state index contributed by atoms with van der Waals surface area (Å²) in [7, 11) is 0. The van der Waals surface area contributed by atoms with Crippen molar-refractivity contribution in [3.05, 3.63) is 28.2 Å². The number of hydrogen-bond donors (Lipinski definition) is 2. The smallest absolute Gasteiger partial charge is 0.118 e. The quantitative estimate of drug-likeness (QED) is 0.840. The van der Waals surface area contributed by atoms with Gasteiger partial charge in [0.05, 0.1) is 5.60 Å². The predicted molar refractivity (Wildman–Crippen MR) is 55.8 cm³/mol. The number of rotatable bonds is 2. The maximum absolute atomic E-state index is 9.56. The molecule has 0 fully saturated rings. The van der Waals surface area contributed by atoms with E-state index in [1.165, 1.54) is 0 Å². The van der Waals surface area contributed by atoms with Crippen LogP contribution in [-0.2, 0) is 6.42 Å². The molecule has 0 spiro atoms. The van der Waals surface area contributed by atoms with Crippen molar-refractivity contribution in [2.24, 2.45) is 0 Å². The number of phenolic OH excluding ortho intramolecular Hbond substituents is 1. The Hall–Kier alpha value is -0.540. The molecule has 0 atom stereocenters. The molecule has 0 radical (unpaired) electrons. The Morgan fingerprint density at radius 2 is 2.00 bits per heavy atom. The second-order valence-corrected chi connectivity index (χ2v) is 4.68. The lowest BCUT2D eigenvalue weighted by Gasteiger charge is -2.17. The minimum absolute atomic E-state index is 0.227. The first-order valence-electron chi connectivity index (χ1n) is 4.08. The summed E-state index contributed by atoms with van der Waals surface area (Å²) in [6.45, 7) is 3.43. The zero-order valence-corrected chi connectivity index (χ0v) is 9.30. The molecule has 0 aliphatic carbocycles. The molecule has 0 saturated carbocycles. The van der Waals surface area contributed by atoms with Gasteiger partial charge in [0.15, 0.2) is 0 Å². The van der Waals surface area contributed by atoms with Crippen LogP contribution in [0, 0.1) is 0 Å². The first kappa shape index (κ1) is 10.5. The fourth-order valence-electron chi connectivity index (χ4n) is 1.16. The van der Waals surface area contributed by atoms with Gasteiger partial charge in [0.25, 0.3) is 0 Å². The summed E-state index contributed by atoms with van der Waals surface area (Å²) in [5.41, 5.74) is -0.0416. The maximum atomic E-state index is 9.56. The lowest BCUT2D eigenvalue weighted by atomic mass is 9.98. The van der Waals surface area contributed by atoms with E-state index in [0.717, 1.165) is 10.0 Å². The zero-order chi connectivity index (χ0) is 10.1. The summed E-state index contributed by atoms with van der Waals surface area (Å²) in [6.07, 6.45) is 0.443. The monoisotopic (exact) mass is 244 g/mol. The van der Waals surface area contributed by atoms with Gasteiger partial charge in [-0.2, -0.15) is 0 Å². The van der Waals surface area contributed by atoms with E-state index in [9.17, 15) is 10.2 Å². The van der Waals surface area contributed by atoms with Gasteiger partial charge >= 0.3 is 0 Å². The van der Waals surface area contributed by atoms with Crippen LogP contribution in [0.25, 0.3) is 0 Å². The fraction of sp³-hybridized carbons (Fsp3) is 0.400. The molecule has 0 aliphatic rings. The van der Waals surface area contributed by atoms with Crippen LogP contribution in [0.4, 0.5) is 0 Å². The molecule has 0 aliphatic heterocycles. The molecule has 0 aromatic heterocycles. The highest BCUT2D eigenvalue weighted by Gasteiger charge is 2.15. The third-order valence-electron chi connectivity index (χ3n) is 1.66. The van der Waals surface area contributed by atoms with Crippen LogP contribution < -0.4 is 0 Å². The lowest BCUT2D eigenvalue weighted by molar-refractivity contribution is 0.0802. The summed E-state index contributed by atoms with van der Waals surface area (Å²) in [6, 6.07) is 5.20. The standard InChI is InChI=1S/C10H13BrO2/c1-10(2,13)6-7-5-8(11)3-4-9(7)12/h3-5,12-13H,6H2,1-2H3. The van der Waals surface area contributed by atoms with Crippen molar-refractivity contribution < 1.29 is 10.2 Å². The molecule has 72 valence electrons. The fourth-order valence-corrected chi connectivity index (χ4v) is 1.57. The predicted octanol–water partition coefficient (Wildman–Crippen LogP) is 2.47. The molecule has 0 amide bonds. The third-order valence-corrected chi connectivity index (χ3v) is 2.16. The van der Waals surface area contributed by atoms with Crippen LogP contribution in [0.5, 0.6) is 5.75 Å². The second-order valence-electron chi connectivity index (χ2n) is 3.76. The van der Waals surface area contributed by atoms with Gasteiger partial charge < -0.3 is 10.2 Å². The number of aromatic hydroxyl groups is 1. The number of hydrogen-bond acceptors (Lipinski definition) is 2. The summed E-state index contributed by atoms with van der Waals surface area (Å²) >= 11 is 3.31. The molecule has 2 N–H and O–H groups in total. The van der Waals surface area contributed by atoms with E-state index in [-0.39, 0.29) is 5.75 Å². The average molecular weight is 245 g/mol. The van der Waals surface area contributed by atoms with E-state index in [1.54, 1.807) is 26.0 Å². The van der Waals surface area contributed by atoms with Gasteiger partial charge in [-0.25, -0.2) is 0 Å². The topological polar surface area (TPSA) is 40.5 Å². The van der Waals surface area contributed by atoms with Crippen LogP contribution in [0.1, 0.15) is 19.4 Å². The first-order valence-corrected chi connectivity index (χ1v) is 4.87. The number of phenols is 1. The van der Waals surface area contributed by atoms with E-state index in [2.05, 4.69) is 15.9 Å². The van der Waals surface area contributed by atoms with E-state index in [1.807, 2.05) is 6.07 Å². The van der Waals surface area contributed by atoms with Gasteiger partial charge in [-0.3, -0.25) is 0 Å². The molecule has 0 heterocycles. The summed E-state index contributed by atoms with van der Waals surface area (Å²) < 4.78 is 0.907. The van der Waals surface area contributed by atoms with E-state index >= 15 is 0 Å². The number of benzene rings is 1. The van der Waals surface area contributed by atoms with Crippen molar-refractivity contribution in [1.82, 2.24) is 0 Å². The minimum atomic E-state index is -0.793. The van der Waals surface area contributed by atoms with Gasteiger partial charge in [-0.1, -0.05) is 15.9 Å². The van der Waals surface area contributed by atoms with Crippen molar-refractivity contribution in [3.8, 4) is 5.75 Å². The molecule has 0 unspecified atom stereocenters. The molecule has 1 aromatic rings. The third kappa shape index (κ3) is 3.36. The number of halogens is 1. The summed E-state index contributed by atoms with van der Waals surface area (Å²) in [4.78, 5) is 0. The van der Waals surface area contributed by atoms with Gasteiger partial charge in [0, 0.05) is 10.9 Å². The maximum Gasteiger partial charge on any atom is 0.118 e. The second kappa shape index (κ2) is 3.68. The molecule has 1 rings (SSSR count). The molecular weight excluding hydrogens is 232 g/mol. The Morgan fingerprint density at radius 1 is 1.38 bits per heavy atom. The number of aliphatic hydroxyl groups is 1. The van der Waals surface area contributed by atoms with E-state index < -0.39 is 5.60 Å². The molecule has 3 heteroatoms. The molecule has 0 saturated heterocycles. The Kier molecular flexibility index (Phi) is 2.98. The Balaban J connectivity index is 2.94. The summed E-state index contributed by atoms with van der Waals surface area (Å²) in [5, 5.41) is 19.0. The Bertz CT molecular complexity index is 302. The molecule has 0 bridgehead atoms. The summed E-state index contributed by atoms with van der Waals surface area (Å²) in [5.74, 6) is 0.227. The van der Waals surface area contributed by atoms with Gasteiger partial charge in [0.1, 0.15) is 5.75 Å².